The lowest BCUT2D eigenvalue weighted by Crippen LogP contribution is -2.07. The average molecular weight is 469 g/mol. The van der Waals surface area contributed by atoms with Crippen LogP contribution in [0.15, 0.2) is 41.2 Å². The number of nitrogens with zero attached hydrogens (tertiary/aromatic N) is 4. The molecule has 0 aliphatic heterocycles. The topological polar surface area (TPSA) is 92.3 Å². The van der Waals surface area contributed by atoms with Gasteiger partial charge in [-0.3, -0.25) is 4.79 Å². The van der Waals surface area contributed by atoms with Gasteiger partial charge < -0.3 is 18.6 Å². The van der Waals surface area contributed by atoms with Gasteiger partial charge in [-0.15, -0.1) is 0 Å². The summed E-state index contributed by atoms with van der Waals surface area (Å²) < 4.78 is 18.2. The van der Waals surface area contributed by atoms with E-state index in [0.29, 0.717) is 47.6 Å². The van der Waals surface area contributed by atoms with Gasteiger partial charge in [-0.25, -0.2) is 4.98 Å². The molecule has 4 rings (SSSR count). The molecule has 0 fully saturated rings. The number of ether oxygens (including phenoxy) is 2. The van der Waals surface area contributed by atoms with Crippen molar-refractivity contribution in [3.63, 3.8) is 0 Å². The SMILES string of the molecule is CCOC(=O)CCc1ccc(-c2noc(-c3cnc(OC(C)C)c(Cl)c3)n2)c2c1ccn2C. The number of carbonyl (C=O) groups is 1. The normalized spacial score (nSPS) is 11.3. The lowest BCUT2D eigenvalue weighted by atomic mass is 10.0. The van der Waals surface area contributed by atoms with Crippen LogP contribution in [0, 0.1) is 0 Å². The Morgan fingerprint density at radius 2 is 2.09 bits per heavy atom. The van der Waals surface area contributed by atoms with Gasteiger partial charge in [0.2, 0.25) is 11.7 Å². The van der Waals surface area contributed by atoms with E-state index in [9.17, 15) is 4.79 Å². The highest BCUT2D eigenvalue weighted by atomic mass is 35.5. The second-order valence-corrected chi connectivity index (χ2v) is 8.27. The fraction of sp³-hybridized carbons (Fsp3) is 0.333. The van der Waals surface area contributed by atoms with Crippen molar-refractivity contribution in [1.29, 1.82) is 0 Å². The van der Waals surface area contributed by atoms with E-state index in [1.165, 1.54) is 0 Å². The van der Waals surface area contributed by atoms with Crippen LogP contribution in [0.1, 0.15) is 32.8 Å². The number of esters is 1. The minimum atomic E-state index is -0.203. The number of aromatic nitrogens is 4. The van der Waals surface area contributed by atoms with Crippen LogP contribution in [0.3, 0.4) is 0 Å². The van der Waals surface area contributed by atoms with Crippen LogP contribution in [0.25, 0.3) is 33.7 Å². The summed E-state index contributed by atoms with van der Waals surface area (Å²) in [6, 6.07) is 7.66. The standard InChI is InChI=1S/C24H25ClN4O4/c1-5-31-20(30)9-7-15-6-8-18(21-17(15)10-11-29(21)4)22-27-23(33-28-22)16-12-19(25)24(26-13-16)32-14(2)3/h6,8,10-14H,5,7,9H2,1-4H3. The summed E-state index contributed by atoms with van der Waals surface area (Å²) in [5.74, 6) is 0.918. The van der Waals surface area contributed by atoms with Gasteiger partial charge in [-0.1, -0.05) is 22.8 Å². The Bertz CT molecular complexity index is 1300. The molecule has 0 amide bonds. The molecule has 0 bridgehead atoms. The highest BCUT2D eigenvalue weighted by Gasteiger charge is 2.18. The maximum absolute atomic E-state index is 11.8. The van der Waals surface area contributed by atoms with E-state index >= 15 is 0 Å². The lowest BCUT2D eigenvalue weighted by Gasteiger charge is -2.09. The Morgan fingerprint density at radius 3 is 2.82 bits per heavy atom. The molecule has 9 heteroatoms. The Hall–Kier alpha value is -3.39. The first kappa shape index (κ1) is 22.8. The first-order chi connectivity index (χ1) is 15.9. The van der Waals surface area contributed by atoms with Crippen LogP contribution in [-0.4, -0.2) is 38.4 Å². The van der Waals surface area contributed by atoms with Gasteiger partial charge in [0.15, 0.2) is 0 Å². The van der Waals surface area contributed by atoms with Crippen molar-refractivity contribution in [2.24, 2.45) is 7.05 Å². The largest absolute Gasteiger partial charge is 0.474 e. The first-order valence-electron chi connectivity index (χ1n) is 10.8. The highest BCUT2D eigenvalue weighted by molar-refractivity contribution is 6.32. The summed E-state index contributed by atoms with van der Waals surface area (Å²) in [6.45, 7) is 6.00. The van der Waals surface area contributed by atoms with Crippen LogP contribution in [0.4, 0.5) is 0 Å². The van der Waals surface area contributed by atoms with E-state index in [1.54, 1.807) is 19.2 Å². The van der Waals surface area contributed by atoms with Gasteiger partial charge in [-0.2, -0.15) is 4.98 Å². The lowest BCUT2D eigenvalue weighted by molar-refractivity contribution is -0.143. The van der Waals surface area contributed by atoms with Crippen LogP contribution >= 0.6 is 11.6 Å². The van der Waals surface area contributed by atoms with Gasteiger partial charge in [0.05, 0.1) is 23.8 Å². The van der Waals surface area contributed by atoms with E-state index < -0.39 is 0 Å². The van der Waals surface area contributed by atoms with Gasteiger partial charge >= 0.3 is 5.97 Å². The summed E-state index contributed by atoms with van der Waals surface area (Å²) in [4.78, 5) is 20.6. The van der Waals surface area contributed by atoms with Crippen molar-refractivity contribution in [3.8, 4) is 28.7 Å². The number of hydrogen-bond acceptors (Lipinski definition) is 7. The number of fused-ring (bicyclic) bond motifs is 1. The molecular formula is C24H25ClN4O4. The maximum atomic E-state index is 11.8. The van der Waals surface area contributed by atoms with Crippen molar-refractivity contribution in [2.75, 3.05) is 6.61 Å². The summed E-state index contributed by atoms with van der Waals surface area (Å²) >= 11 is 6.31. The van der Waals surface area contributed by atoms with Crippen molar-refractivity contribution in [1.82, 2.24) is 19.7 Å². The first-order valence-corrected chi connectivity index (χ1v) is 11.1. The number of halogens is 1. The number of rotatable bonds is 8. The van der Waals surface area contributed by atoms with Crippen LogP contribution in [-0.2, 0) is 23.0 Å². The molecule has 0 aliphatic carbocycles. The van der Waals surface area contributed by atoms with Crippen LogP contribution in [0.2, 0.25) is 5.02 Å². The second-order valence-electron chi connectivity index (χ2n) is 7.87. The van der Waals surface area contributed by atoms with Crippen molar-refractivity contribution in [3.05, 3.63) is 47.2 Å². The molecule has 0 radical (unpaired) electrons. The second kappa shape index (κ2) is 9.62. The van der Waals surface area contributed by atoms with Gasteiger partial charge in [0.25, 0.3) is 5.89 Å². The molecule has 1 aromatic carbocycles. The smallest absolute Gasteiger partial charge is 0.306 e. The summed E-state index contributed by atoms with van der Waals surface area (Å²) in [6.07, 6.45) is 4.45. The number of hydrogen-bond donors (Lipinski definition) is 0. The zero-order chi connectivity index (χ0) is 23.5. The number of aryl methyl sites for hydroxylation is 2. The number of carbonyl (C=O) groups excluding carboxylic acids is 1. The minimum absolute atomic E-state index is 0.0381. The van der Waals surface area contributed by atoms with E-state index in [1.807, 2.05) is 49.9 Å². The average Bonchev–Trinajstić information content (AvgIpc) is 3.41. The molecule has 0 aliphatic rings. The number of pyridine rings is 1. The quantitative estimate of drug-likeness (QED) is 0.327. The van der Waals surface area contributed by atoms with Crippen molar-refractivity contribution < 1.29 is 18.8 Å². The molecule has 0 saturated heterocycles. The van der Waals surface area contributed by atoms with E-state index in [-0.39, 0.29) is 12.1 Å². The third kappa shape index (κ3) is 4.85. The summed E-state index contributed by atoms with van der Waals surface area (Å²) in [7, 11) is 1.96. The summed E-state index contributed by atoms with van der Waals surface area (Å²) in [5, 5.41) is 5.59. The zero-order valence-electron chi connectivity index (χ0n) is 19.0. The zero-order valence-corrected chi connectivity index (χ0v) is 19.7. The molecule has 3 aromatic heterocycles. The predicted octanol–water partition coefficient (Wildman–Crippen LogP) is 5.23. The molecule has 8 nitrogen and oxygen atoms in total. The summed E-state index contributed by atoms with van der Waals surface area (Å²) in [5.41, 5.74) is 3.44. The van der Waals surface area contributed by atoms with E-state index in [4.69, 9.17) is 25.6 Å². The van der Waals surface area contributed by atoms with E-state index in [0.717, 1.165) is 22.0 Å². The molecule has 172 valence electrons. The predicted molar refractivity (Wildman–Crippen MR) is 125 cm³/mol. The molecule has 0 atom stereocenters. The van der Waals surface area contributed by atoms with Crippen LogP contribution < -0.4 is 4.74 Å². The van der Waals surface area contributed by atoms with Crippen molar-refractivity contribution in [2.45, 2.75) is 39.7 Å². The molecule has 0 N–H and O–H groups in total. The molecule has 0 saturated carbocycles. The molecule has 0 spiro atoms. The van der Waals surface area contributed by atoms with Crippen molar-refractivity contribution >= 4 is 28.5 Å². The fourth-order valence-corrected chi connectivity index (χ4v) is 3.86. The Morgan fingerprint density at radius 1 is 1.27 bits per heavy atom. The Balaban J connectivity index is 1.64. The monoisotopic (exact) mass is 468 g/mol. The highest BCUT2D eigenvalue weighted by Crippen LogP contribution is 2.33. The molecule has 33 heavy (non-hydrogen) atoms. The number of benzene rings is 1. The fourth-order valence-electron chi connectivity index (χ4n) is 3.65. The van der Waals surface area contributed by atoms with Gasteiger partial charge in [0, 0.05) is 36.8 Å². The molecular weight excluding hydrogens is 444 g/mol. The van der Waals surface area contributed by atoms with E-state index in [2.05, 4.69) is 15.1 Å². The Kier molecular flexibility index (Phi) is 6.65. The molecule has 4 aromatic rings. The molecule has 0 unspecified atom stereocenters. The maximum Gasteiger partial charge on any atom is 0.306 e. The third-order valence-corrected chi connectivity index (χ3v) is 5.37. The van der Waals surface area contributed by atoms with Crippen LogP contribution in [0.5, 0.6) is 5.88 Å². The van der Waals surface area contributed by atoms with Gasteiger partial charge in [0.1, 0.15) is 5.02 Å². The molecule has 3 heterocycles. The third-order valence-electron chi connectivity index (χ3n) is 5.10. The Labute approximate surface area is 196 Å². The minimum Gasteiger partial charge on any atom is -0.474 e. The van der Waals surface area contributed by atoms with Gasteiger partial charge in [-0.05, 0) is 51.0 Å².